The molecule has 1 aliphatic heterocycles. The summed E-state index contributed by atoms with van der Waals surface area (Å²) in [5.74, 6) is 0.735. The zero-order valence-electron chi connectivity index (χ0n) is 19.9. The molecule has 0 N–H and O–H groups in total. The van der Waals surface area contributed by atoms with Crippen molar-refractivity contribution in [2.45, 2.75) is 45.6 Å². The average molecular weight is 464 g/mol. The number of halogens is 1. The van der Waals surface area contributed by atoms with Crippen LogP contribution in [0.2, 0.25) is 0 Å². The number of allylic oxidation sites excluding steroid dienone is 1. The maximum atomic E-state index is 14.1. The zero-order valence-corrected chi connectivity index (χ0v) is 19.9. The van der Waals surface area contributed by atoms with Crippen LogP contribution in [-0.4, -0.2) is 9.38 Å². The van der Waals surface area contributed by atoms with E-state index in [1.54, 1.807) is 6.07 Å². The van der Waals surface area contributed by atoms with Crippen LogP contribution >= 0.6 is 0 Å². The molecule has 0 bridgehead atoms. The Morgan fingerprint density at radius 3 is 2.74 bits per heavy atom. The summed E-state index contributed by atoms with van der Waals surface area (Å²) in [6.45, 7) is 4.67. The molecular weight excluding hydrogens is 437 g/mol. The molecule has 0 atom stereocenters. The van der Waals surface area contributed by atoms with Gasteiger partial charge in [0.15, 0.2) is 0 Å². The van der Waals surface area contributed by atoms with Gasteiger partial charge in [-0.25, -0.2) is 9.37 Å². The van der Waals surface area contributed by atoms with Gasteiger partial charge in [-0.1, -0.05) is 38.1 Å². The van der Waals surface area contributed by atoms with E-state index in [9.17, 15) is 9.65 Å². The molecule has 35 heavy (non-hydrogen) atoms. The van der Waals surface area contributed by atoms with Crippen LogP contribution in [0.3, 0.4) is 0 Å². The highest BCUT2D eigenvalue weighted by atomic mass is 19.1. The lowest BCUT2D eigenvalue weighted by atomic mass is 9.87. The smallest absolute Gasteiger partial charge is 0.137 e. The Bertz CT molecular complexity index is 1540. The number of nitriles is 1. The number of benzene rings is 2. The third-order valence-corrected chi connectivity index (χ3v) is 6.99. The molecule has 2 aromatic carbocycles. The predicted octanol–water partition coefficient (Wildman–Crippen LogP) is 6.82. The summed E-state index contributed by atoms with van der Waals surface area (Å²) in [7, 11) is 0. The fraction of sp³-hybridized carbons (Fsp3) is 0.267. The lowest BCUT2D eigenvalue weighted by Crippen LogP contribution is -2.03. The SMILES string of the molecule is CC(C)c1nc2ccccn2c1Cc1ccc2c(c1)COc1cc(F)ccc1C2=C(C#N)C1CC1. The van der Waals surface area contributed by atoms with Crippen molar-refractivity contribution in [3.05, 3.63) is 106 Å². The van der Waals surface area contributed by atoms with Crippen LogP contribution in [0, 0.1) is 23.1 Å². The normalized spacial score (nSPS) is 16.3. The molecule has 0 spiro atoms. The topological polar surface area (TPSA) is 50.3 Å². The van der Waals surface area contributed by atoms with Crippen LogP contribution in [-0.2, 0) is 13.0 Å². The monoisotopic (exact) mass is 463 g/mol. The van der Waals surface area contributed by atoms with Gasteiger partial charge >= 0.3 is 0 Å². The molecular formula is C30H26FN3O. The van der Waals surface area contributed by atoms with E-state index >= 15 is 0 Å². The van der Waals surface area contributed by atoms with Gasteiger partial charge in [0.05, 0.1) is 17.5 Å². The molecule has 1 fully saturated rings. The highest BCUT2D eigenvalue weighted by Gasteiger charge is 2.32. The number of hydrogen-bond donors (Lipinski definition) is 0. The Kier molecular flexibility index (Phi) is 5.18. The van der Waals surface area contributed by atoms with Crippen LogP contribution in [0.25, 0.3) is 11.2 Å². The lowest BCUT2D eigenvalue weighted by Gasteiger charge is -2.14. The van der Waals surface area contributed by atoms with Gasteiger partial charge in [0.1, 0.15) is 23.8 Å². The van der Waals surface area contributed by atoms with Crippen molar-refractivity contribution >= 4 is 11.2 Å². The molecule has 2 aromatic heterocycles. The van der Waals surface area contributed by atoms with Crippen molar-refractivity contribution < 1.29 is 9.13 Å². The molecule has 6 rings (SSSR count). The van der Waals surface area contributed by atoms with Crippen molar-refractivity contribution in [1.29, 1.82) is 5.26 Å². The van der Waals surface area contributed by atoms with Crippen molar-refractivity contribution in [1.82, 2.24) is 9.38 Å². The van der Waals surface area contributed by atoms with Crippen molar-refractivity contribution in [2.75, 3.05) is 0 Å². The second-order valence-corrected chi connectivity index (χ2v) is 9.80. The van der Waals surface area contributed by atoms with Gasteiger partial charge in [-0.2, -0.15) is 5.26 Å². The molecule has 174 valence electrons. The first-order valence-electron chi connectivity index (χ1n) is 12.2. The van der Waals surface area contributed by atoms with Gasteiger partial charge in [-0.15, -0.1) is 0 Å². The van der Waals surface area contributed by atoms with E-state index in [0.29, 0.717) is 18.3 Å². The molecule has 2 aliphatic rings. The number of imidazole rings is 1. The van der Waals surface area contributed by atoms with Gasteiger partial charge < -0.3 is 9.14 Å². The quantitative estimate of drug-likeness (QED) is 0.312. The van der Waals surface area contributed by atoms with Crippen LogP contribution < -0.4 is 4.74 Å². The molecule has 4 aromatic rings. The average Bonchev–Trinajstić information content (AvgIpc) is 3.65. The second-order valence-electron chi connectivity index (χ2n) is 9.80. The summed E-state index contributed by atoms with van der Waals surface area (Å²) in [5.41, 5.74) is 8.88. The summed E-state index contributed by atoms with van der Waals surface area (Å²) in [6.07, 6.45) is 4.84. The minimum atomic E-state index is -0.339. The van der Waals surface area contributed by atoms with Crippen molar-refractivity contribution in [3.63, 3.8) is 0 Å². The van der Waals surface area contributed by atoms with E-state index in [2.05, 4.69) is 48.7 Å². The van der Waals surface area contributed by atoms with Crippen LogP contribution in [0.5, 0.6) is 5.75 Å². The molecule has 1 saturated carbocycles. The molecule has 5 heteroatoms. The molecule has 4 nitrogen and oxygen atoms in total. The Balaban J connectivity index is 1.48. The van der Waals surface area contributed by atoms with E-state index in [1.165, 1.54) is 17.8 Å². The summed E-state index contributed by atoms with van der Waals surface area (Å²) < 4.78 is 22.3. The summed E-state index contributed by atoms with van der Waals surface area (Å²) in [4.78, 5) is 4.88. The van der Waals surface area contributed by atoms with Crippen molar-refractivity contribution in [2.24, 2.45) is 5.92 Å². The van der Waals surface area contributed by atoms with Crippen LogP contribution in [0.1, 0.15) is 66.2 Å². The summed E-state index contributed by atoms with van der Waals surface area (Å²) in [6, 6.07) is 19.6. The van der Waals surface area contributed by atoms with Gasteiger partial charge in [-0.05, 0) is 65.6 Å². The number of pyridine rings is 1. The minimum Gasteiger partial charge on any atom is -0.488 e. The highest BCUT2D eigenvalue weighted by Crippen LogP contribution is 2.46. The number of fused-ring (bicyclic) bond motifs is 3. The number of ether oxygens (including phenoxy) is 1. The molecule has 3 heterocycles. The van der Waals surface area contributed by atoms with Crippen LogP contribution in [0.15, 0.2) is 66.4 Å². The standard InChI is InChI=1S/C30H26FN3O/c1-18(2)30-26(34-12-4-3-5-28(34)33-30)14-19-6-10-23-21(13-19)17-35-27-15-22(31)9-11-24(27)29(23)25(16-32)20-7-8-20/h3-6,9-13,15,18,20H,7-8,14,17H2,1-2H3. The molecule has 0 radical (unpaired) electrons. The number of nitrogens with zero attached hydrogens (tertiary/aromatic N) is 3. The number of hydrogen-bond acceptors (Lipinski definition) is 3. The fourth-order valence-corrected chi connectivity index (χ4v) is 5.15. The third-order valence-electron chi connectivity index (χ3n) is 6.99. The molecule has 0 unspecified atom stereocenters. The molecule has 1 aliphatic carbocycles. The molecule has 0 saturated heterocycles. The fourth-order valence-electron chi connectivity index (χ4n) is 5.15. The van der Waals surface area contributed by atoms with Gasteiger partial charge in [-0.3, -0.25) is 0 Å². The van der Waals surface area contributed by atoms with Gasteiger partial charge in [0, 0.05) is 35.4 Å². The first-order valence-corrected chi connectivity index (χ1v) is 12.2. The molecule has 0 amide bonds. The Hall–Kier alpha value is -3.91. The number of rotatable bonds is 4. The Morgan fingerprint density at radius 2 is 1.97 bits per heavy atom. The van der Waals surface area contributed by atoms with E-state index < -0.39 is 0 Å². The predicted molar refractivity (Wildman–Crippen MR) is 134 cm³/mol. The minimum absolute atomic E-state index is 0.269. The highest BCUT2D eigenvalue weighted by molar-refractivity contribution is 5.89. The maximum absolute atomic E-state index is 14.1. The largest absolute Gasteiger partial charge is 0.488 e. The van der Waals surface area contributed by atoms with E-state index in [-0.39, 0.29) is 11.7 Å². The first kappa shape index (κ1) is 21.6. The Labute approximate surface area is 204 Å². The second kappa shape index (κ2) is 8.39. The first-order chi connectivity index (χ1) is 17.0. The van der Waals surface area contributed by atoms with Gasteiger partial charge in [0.25, 0.3) is 0 Å². The number of aromatic nitrogens is 2. The van der Waals surface area contributed by atoms with E-state index in [1.807, 2.05) is 18.2 Å². The Morgan fingerprint density at radius 1 is 1.14 bits per heavy atom. The van der Waals surface area contributed by atoms with Crippen LogP contribution in [0.4, 0.5) is 4.39 Å². The van der Waals surface area contributed by atoms with Gasteiger partial charge in [0.2, 0.25) is 0 Å². The van der Waals surface area contributed by atoms with Crippen molar-refractivity contribution in [3.8, 4) is 11.8 Å². The summed E-state index contributed by atoms with van der Waals surface area (Å²) in [5, 5.41) is 10.1. The zero-order chi connectivity index (χ0) is 24.1. The summed E-state index contributed by atoms with van der Waals surface area (Å²) >= 11 is 0. The maximum Gasteiger partial charge on any atom is 0.137 e. The van der Waals surface area contributed by atoms with E-state index in [0.717, 1.165) is 64.0 Å². The van der Waals surface area contributed by atoms with E-state index in [4.69, 9.17) is 9.72 Å². The lowest BCUT2D eigenvalue weighted by molar-refractivity contribution is 0.305. The third kappa shape index (κ3) is 3.80.